The van der Waals surface area contributed by atoms with E-state index in [0.717, 1.165) is 46.7 Å². The Balaban J connectivity index is 1.86. The fourth-order valence-corrected chi connectivity index (χ4v) is 5.88. The van der Waals surface area contributed by atoms with Crippen LogP contribution >= 0.6 is 23.1 Å². The summed E-state index contributed by atoms with van der Waals surface area (Å²) in [5.41, 5.74) is 3.47. The quantitative estimate of drug-likeness (QED) is 0.406. The second kappa shape index (κ2) is 5.54. The van der Waals surface area contributed by atoms with Crippen molar-refractivity contribution in [1.82, 2.24) is 29.2 Å². The zero-order valence-electron chi connectivity index (χ0n) is 14.2. The Kier molecular flexibility index (Phi) is 3.40. The van der Waals surface area contributed by atoms with Crippen LogP contribution in [0, 0.1) is 5.92 Å². The number of aromatic nitrogens is 6. The summed E-state index contributed by atoms with van der Waals surface area (Å²) >= 11 is 3.54. The highest BCUT2D eigenvalue weighted by molar-refractivity contribution is 7.99. The van der Waals surface area contributed by atoms with E-state index >= 15 is 0 Å². The van der Waals surface area contributed by atoms with Crippen molar-refractivity contribution in [2.75, 3.05) is 5.75 Å². The lowest BCUT2D eigenvalue weighted by atomic mass is 9.89. The molecule has 25 heavy (non-hydrogen) atoms. The van der Waals surface area contributed by atoms with Crippen LogP contribution in [-0.2, 0) is 12.8 Å². The first-order valence-electron chi connectivity index (χ1n) is 8.41. The zero-order valence-corrected chi connectivity index (χ0v) is 15.8. The maximum absolute atomic E-state index is 4.54. The summed E-state index contributed by atoms with van der Waals surface area (Å²) < 4.78 is 3.98. The molecule has 0 fully saturated rings. The van der Waals surface area contributed by atoms with Crippen LogP contribution in [0.15, 0.2) is 23.6 Å². The van der Waals surface area contributed by atoms with Gasteiger partial charge >= 0.3 is 0 Å². The molecule has 6 nitrogen and oxygen atoms in total. The first-order chi connectivity index (χ1) is 12.1. The molecule has 4 aromatic heterocycles. The molecule has 0 radical (unpaired) electrons. The van der Waals surface area contributed by atoms with Crippen molar-refractivity contribution >= 4 is 44.7 Å². The maximum Gasteiger partial charge on any atom is 0.260 e. The lowest BCUT2D eigenvalue weighted by Gasteiger charge is -2.17. The Morgan fingerprint density at radius 1 is 1.44 bits per heavy atom. The fraction of sp³-hybridized carbons (Fsp3) is 0.412. The predicted molar refractivity (Wildman–Crippen MR) is 102 cm³/mol. The molecule has 0 bridgehead atoms. The van der Waals surface area contributed by atoms with E-state index in [-0.39, 0.29) is 0 Å². The van der Waals surface area contributed by atoms with E-state index in [1.54, 1.807) is 18.1 Å². The predicted octanol–water partition coefficient (Wildman–Crippen LogP) is 3.78. The van der Waals surface area contributed by atoms with Gasteiger partial charge in [-0.1, -0.05) is 30.8 Å². The van der Waals surface area contributed by atoms with Gasteiger partial charge in [-0.25, -0.2) is 9.38 Å². The summed E-state index contributed by atoms with van der Waals surface area (Å²) in [4.78, 5) is 7.22. The molecule has 4 heterocycles. The molecule has 1 aliphatic carbocycles. The number of hydrogen-bond donors (Lipinski definition) is 0. The molecule has 1 atom stereocenters. The number of hydrogen-bond acceptors (Lipinski definition) is 6. The van der Waals surface area contributed by atoms with Crippen molar-refractivity contribution in [3.63, 3.8) is 0 Å². The lowest BCUT2D eigenvalue weighted by molar-refractivity contribution is 0.509. The highest BCUT2D eigenvalue weighted by atomic mass is 32.2. The van der Waals surface area contributed by atoms with Crippen molar-refractivity contribution in [1.29, 1.82) is 0 Å². The molecule has 0 amide bonds. The Labute approximate surface area is 153 Å². The molecule has 0 aromatic carbocycles. The molecule has 4 aromatic rings. The zero-order chi connectivity index (χ0) is 17.1. The van der Waals surface area contributed by atoms with Crippen molar-refractivity contribution in [2.45, 2.75) is 38.3 Å². The number of nitrogens with zero attached hydrogens (tertiary/aromatic N) is 6. The van der Waals surface area contributed by atoms with E-state index in [1.165, 1.54) is 27.1 Å². The smallest absolute Gasteiger partial charge is 0.244 e. The minimum absolute atomic E-state index is 0.732. The van der Waals surface area contributed by atoms with Gasteiger partial charge in [-0.15, -0.1) is 21.5 Å². The van der Waals surface area contributed by atoms with Gasteiger partial charge in [0.05, 0.1) is 5.39 Å². The average molecular weight is 371 g/mol. The van der Waals surface area contributed by atoms with Gasteiger partial charge in [-0.3, -0.25) is 0 Å². The summed E-state index contributed by atoms with van der Waals surface area (Å²) in [5.74, 6) is 2.30. The number of aryl methyl sites for hydroxylation is 1. The Bertz CT molecular complexity index is 1130. The summed E-state index contributed by atoms with van der Waals surface area (Å²) in [6.07, 6.45) is 5.10. The van der Waals surface area contributed by atoms with Crippen LogP contribution in [0.1, 0.15) is 30.7 Å². The molecular weight excluding hydrogens is 352 g/mol. The lowest BCUT2D eigenvalue weighted by Crippen LogP contribution is -2.08. The monoisotopic (exact) mass is 370 g/mol. The largest absolute Gasteiger partial charge is 0.260 e. The van der Waals surface area contributed by atoms with Crippen LogP contribution in [0.5, 0.6) is 0 Å². The van der Waals surface area contributed by atoms with Gasteiger partial charge in [-0.2, -0.15) is 9.61 Å². The van der Waals surface area contributed by atoms with Gasteiger partial charge < -0.3 is 0 Å². The molecule has 0 unspecified atom stereocenters. The Hall–Kier alpha value is -1.93. The van der Waals surface area contributed by atoms with E-state index in [2.05, 4.69) is 38.2 Å². The molecule has 0 aliphatic heterocycles. The third-order valence-electron chi connectivity index (χ3n) is 4.72. The Morgan fingerprint density at radius 2 is 2.32 bits per heavy atom. The van der Waals surface area contributed by atoms with Crippen molar-refractivity contribution < 1.29 is 0 Å². The van der Waals surface area contributed by atoms with Crippen LogP contribution in [0.2, 0.25) is 0 Å². The number of fused-ring (bicyclic) bond motifs is 8. The molecule has 1 aliphatic rings. The van der Waals surface area contributed by atoms with E-state index in [4.69, 9.17) is 0 Å². The third kappa shape index (κ3) is 2.23. The topological polar surface area (TPSA) is 60.4 Å². The Morgan fingerprint density at radius 3 is 3.16 bits per heavy atom. The summed E-state index contributed by atoms with van der Waals surface area (Å²) in [6.45, 7) is 8.37. The van der Waals surface area contributed by atoms with Gasteiger partial charge in [0.1, 0.15) is 11.2 Å². The van der Waals surface area contributed by atoms with Crippen LogP contribution in [0.3, 0.4) is 0 Å². The van der Waals surface area contributed by atoms with E-state index in [9.17, 15) is 0 Å². The number of thiophene rings is 1. The van der Waals surface area contributed by atoms with E-state index in [1.807, 2.05) is 22.8 Å². The average Bonchev–Trinajstić information content (AvgIpc) is 3.27. The number of rotatable bonds is 3. The molecule has 0 saturated heterocycles. The van der Waals surface area contributed by atoms with Gasteiger partial charge in [0.25, 0.3) is 5.78 Å². The molecule has 0 N–H and O–H groups in total. The fourth-order valence-electron chi connectivity index (χ4n) is 3.54. The van der Waals surface area contributed by atoms with Gasteiger partial charge in [-0.05, 0) is 37.7 Å². The highest BCUT2D eigenvalue weighted by Gasteiger charge is 2.26. The second-order valence-corrected chi connectivity index (χ2v) is 8.92. The van der Waals surface area contributed by atoms with Crippen molar-refractivity contribution in [3.05, 3.63) is 28.9 Å². The normalized spacial score (nSPS) is 17.6. The van der Waals surface area contributed by atoms with E-state index in [0.29, 0.717) is 0 Å². The summed E-state index contributed by atoms with van der Waals surface area (Å²) in [7, 11) is 0. The molecule has 0 saturated carbocycles. The van der Waals surface area contributed by atoms with Gasteiger partial charge in [0.2, 0.25) is 0 Å². The molecule has 0 spiro atoms. The minimum atomic E-state index is 0.732. The number of thioether (sulfide) groups is 1. The van der Waals surface area contributed by atoms with Gasteiger partial charge in [0.15, 0.2) is 10.8 Å². The standard InChI is InChI=1S/C17H18N6S2/c1-9(2)7-24-17-21-20-16-22(17)15-13(14-18-8-19-23(14)16)11-5-4-10(3)6-12(11)25-15/h8,10H,1,4-7H2,2-3H3/t10-/m1/s1. The van der Waals surface area contributed by atoms with Crippen LogP contribution in [0.25, 0.3) is 21.6 Å². The van der Waals surface area contributed by atoms with Crippen molar-refractivity contribution in [3.8, 4) is 0 Å². The highest BCUT2D eigenvalue weighted by Crippen LogP contribution is 2.40. The summed E-state index contributed by atoms with van der Waals surface area (Å²) in [6, 6.07) is 0. The van der Waals surface area contributed by atoms with Crippen LogP contribution in [0.4, 0.5) is 0 Å². The first kappa shape index (κ1) is 15.3. The van der Waals surface area contributed by atoms with Crippen LogP contribution < -0.4 is 0 Å². The molecule has 5 rings (SSSR count). The first-order valence-corrected chi connectivity index (χ1v) is 10.2. The third-order valence-corrected chi connectivity index (χ3v) is 7.12. The van der Waals surface area contributed by atoms with Crippen LogP contribution in [-0.4, -0.2) is 34.9 Å². The SMILES string of the molecule is C=C(C)CSc1nnc2n3ncnc3c3c4c(sc3n12)C[C@H](C)CC4. The molecule has 128 valence electrons. The molecule has 8 heteroatoms. The summed E-state index contributed by atoms with van der Waals surface area (Å²) in [5, 5.41) is 15.4. The van der Waals surface area contributed by atoms with Crippen molar-refractivity contribution in [2.24, 2.45) is 5.92 Å². The maximum atomic E-state index is 4.54. The second-order valence-electron chi connectivity index (χ2n) is 6.89. The molecular formula is C17H18N6S2. The minimum Gasteiger partial charge on any atom is -0.244 e. The van der Waals surface area contributed by atoms with Gasteiger partial charge in [0, 0.05) is 10.6 Å². The van der Waals surface area contributed by atoms with E-state index < -0.39 is 0 Å².